The highest BCUT2D eigenvalue weighted by molar-refractivity contribution is 5.94. The Kier molecular flexibility index (Phi) is 4.19. The van der Waals surface area contributed by atoms with Gasteiger partial charge in [-0.3, -0.25) is 9.78 Å². The van der Waals surface area contributed by atoms with Gasteiger partial charge in [0.15, 0.2) is 5.65 Å². The van der Waals surface area contributed by atoms with Gasteiger partial charge < -0.3 is 10.0 Å². The molecule has 0 aromatic carbocycles. The van der Waals surface area contributed by atoms with E-state index in [1.165, 1.54) is 36.9 Å². The van der Waals surface area contributed by atoms with Crippen LogP contribution in [0.3, 0.4) is 0 Å². The molecular formula is C22H22N4O2. The Morgan fingerprint density at radius 3 is 2.57 bits per heavy atom. The fourth-order valence-corrected chi connectivity index (χ4v) is 4.02. The maximum atomic E-state index is 12.6. The molecule has 1 amide bonds. The van der Waals surface area contributed by atoms with Gasteiger partial charge >= 0.3 is 0 Å². The van der Waals surface area contributed by atoms with Crippen molar-refractivity contribution in [2.24, 2.45) is 0 Å². The number of aromatic hydroxyl groups is 1. The lowest BCUT2D eigenvalue weighted by Crippen LogP contribution is -2.38. The van der Waals surface area contributed by atoms with Gasteiger partial charge in [0.1, 0.15) is 5.75 Å². The molecule has 6 heteroatoms. The lowest BCUT2D eigenvalue weighted by Gasteiger charge is -2.31. The Morgan fingerprint density at radius 1 is 1.00 bits per heavy atom. The summed E-state index contributed by atoms with van der Waals surface area (Å²) < 4.78 is 0. The average molecular weight is 374 g/mol. The molecule has 0 unspecified atom stereocenters. The normalized spacial score (nSPS) is 17.8. The molecule has 4 heterocycles. The summed E-state index contributed by atoms with van der Waals surface area (Å²) in [5, 5.41) is 10.6. The van der Waals surface area contributed by atoms with Crippen LogP contribution < -0.4 is 0 Å². The van der Waals surface area contributed by atoms with Crippen molar-refractivity contribution in [1.29, 1.82) is 0 Å². The van der Waals surface area contributed by atoms with Crippen molar-refractivity contribution in [1.82, 2.24) is 19.9 Å². The molecule has 0 spiro atoms. The van der Waals surface area contributed by atoms with E-state index in [0.29, 0.717) is 30.5 Å². The molecule has 2 fully saturated rings. The molecule has 1 saturated heterocycles. The Morgan fingerprint density at radius 2 is 1.82 bits per heavy atom. The maximum Gasteiger partial charge on any atom is 0.255 e. The van der Waals surface area contributed by atoms with Crippen LogP contribution in [0.15, 0.2) is 42.9 Å². The van der Waals surface area contributed by atoms with Crippen molar-refractivity contribution >= 4 is 16.9 Å². The first-order valence-corrected chi connectivity index (χ1v) is 9.87. The number of aromatic nitrogens is 3. The molecule has 6 nitrogen and oxygen atoms in total. The maximum absolute atomic E-state index is 12.6. The molecule has 5 rings (SSSR count). The number of carbonyl (C=O) groups excluding carboxylic acids is 1. The second-order valence-corrected chi connectivity index (χ2v) is 7.82. The first-order chi connectivity index (χ1) is 13.7. The van der Waals surface area contributed by atoms with E-state index in [-0.39, 0.29) is 11.7 Å². The van der Waals surface area contributed by atoms with Crippen LogP contribution in [0.1, 0.15) is 59.1 Å². The average Bonchev–Trinajstić information content (AvgIpc) is 3.58. The van der Waals surface area contributed by atoms with Crippen LogP contribution in [0.2, 0.25) is 0 Å². The van der Waals surface area contributed by atoms with E-state index in [4.69, 9.17) is 4.98 Å². The third kappa shape index (κ3) is 3.30. The second-order valence-electron chi connectivity index (χ2n) is 7.82. The highest BCUT2D eigenvalue weighted by Gasteiger charge is 2.27. The Hall–Kier alpha value is -3.02. The summed E-state index contributed by atoms with van der Waals surface area (Å²) in [5.74, 6) is 0.960. The number of nitrogens with zero attached hydrogens (tertiary/aromatic N) is 4. The number of hydrogen-bond donors (Lipinski definition) is 1. The zero-order valence-electron chi connectivity index (χ0n) is 15.6. The number of fused-ring (bicyclic) bond motifs is 1. The predicted molar refractivity (Wildman–Crippen MR) is 105 cm³/mol. The van der Waals surface area contributed by atoms with Crippen molar-refractivity contribution in [3.05, 3.63) is 59.7 Å². The van der Waals surface area contributed by atoms with E-state index < -0.39 is 0 Å². The molecule has 3 aromatic rings. The van der Waals surface area contributed by atoms with Gasteiger partial charge in [-0.15, -0.1) is 0 Å². The third-order valence-corrected chi connectivity index (χ3v) is 5.80. The van der Waals surface area contributed by atoms with E-state index in [0.717, 1.165) is 29.6 Å². The molecule has 0 atom stereocenters. The van der Waals surface area contributed by atoms with Crippen LogP contribution in [0, 0.1) is 0 Å². The Labute approximate surface area is 163 Å². The first kappa shape index (κ1) is 17.1. The molecule has 3 aromatic heterocycles. The number of piperidine rings is 1. The van der Waals surface area contributed by atoms with Gasteiger partial charge in [0.05, 0.1) is 11.8 Å². The number of likely N-dealkylation sites (tertiary alicyclic amines) is 1. The summed E-state index contributed by atoms with van der Waals surface area (Å²) in [7, 11) is 0. The summed E-state index contributed by atoms with van der Waals surface area (Å²) in [5.41, 5.74) is 3.63. The molecule has 2 aliphatic rings. The molecule has 142 valence electrons. The van der Waals surface area contributed by atoms with Gasteiger partial charge in [-0.05, 0) is 61.4 Å². The van der Waals surface area contributed by atoms with Crippen LogP contribution in [0.4, 0.5) is 0 Å². The van der Waals surface area contributed by atoms with Gasteiger partial charge in [0.25, 0.3) is 5.91 Å². The molecule has 1 aliphatic heterocycles. The van der Waals surface area contributed by atoms with Gasteiger partial charge in [-0.2, -0.15) is 0 Å². The summed E-state index contributed by atoms with van der Waals surface area (Å²) in [4.78, 5) is 27.7. The summed E-state index contributed by atoms with van der Waals surface area (Å²) in [6.45, 7) is 1.35. The topological polar surface area (TPSA) is 79.2 Å². The van der Waals surface area contributed by atoms with Crippen molar-refractivity contribution in [3.63, 3.8) is 0 Å². The number of pyridine rings is 3. The molecule has 1 aliphatic carbocycles. The van der Waals surface area contributed by atoms with Crippen LogP contribution in [0.25, 0.3) is 11.0 Å². The van der Waals surface area contributed by atoms with E-state index in [1.54, 1.807) is 0 Å². The standard InChI is InChI=1S/C22H22N4O2/c27-19-10-18(11-23-13-19)22(28)26-7-5-15(6-8-26)20-4-3-16-9-17(14-1-2-14)12-24-21(16)25-20/h3-4,9-15,27H,1-2,5-8H2. The van der Waals surface area contributed by atoms with Crippen LogP contribution in [-0.4, -0.2) is 44.0 Å². The fourth-order valence-electron chi connectivity index (χ4n) is 4.02. The van der Waals surface area contributed by atoms with Crippen LogP contribution >= 0.6 is 0 Å². The molecule has 1 saturated carbocycles. The molecule has 0 bridgehead atoms. The van der Waals surface area contributed by atoms with Crippen molar-refractivity contribution < 1.29 is 9.90 Å². The SMILES string of the molecule is O=C(c1cncc(O)c1)N1CCC(c2ccc3cc(C4CC4)cnc3n2)CC1. The number of carbonyl (C=O) groups is 1. The van der Waals surface area contributed by atoms with Crippen molar-refractivity contribution in [2.45, 2.75) is 37.5 Å². The third-order valence-electron chi connectivity index (χ3n) is 5.80. The molecule has 1 N–H and O–H groups in total. The number of amides is 1. The summed E-state index contributed by atoms with van der Waals surface area (Å²) >= 11 is 0. The zero-order valence-corrected chi connectivity index (χ0v) is 15.6. The van der Waals surface area contributed by atoms with Gasteiger partial charge in [0.2, 0.25) is 0 Å². The molecular weight excluding hydrogens is 352 g/mol. The summed E-state index contributed by atoms with van der Waals surface area (Å²) in [6, 6.07) is 7.93. The van der Waals surface area contributed by atoms with Crippen molar-refractivity contribution in [3.8, 4) is 5.75 Å². The van der Waals surface area contributed by atoms with E-state index in [1.807, 2.05) is 11.1 Å². The Bertz CT molecular complexity index is 1040. The fraction of sp³-hybridized carbons (Fsp3) is 0.364. The zero-order chi connectivity index (χ0) is 19.1. The Balaban J connectivity index is 1.28. The summed E-state index contributed by atoms with van der Waals surface area (Å²) in [6.07, 6.45) is 9.09. The minimum Gasteiger partial charge on any atom is -0.506 e. The van der Waals surface area contributed by atoms with Gasteiger partial charge in [-0.1, -0.05) is 0 Å². The van der Waals surface area contributed by atoms with E-state index in [9.17, 15) is 9.90 Å². The van der Waals surface area contributed by atoms with Gasteiger partial charge in [-0.25, -0.2) is 9.97 Å². The number of rotatable bonds is 3. The van der Waals surface area contributed by atoms with E-state index in [2.05, 4.69) is 28.2 Å². The minimum atomic E-state index is -0.0809. The lowest BCUT2D eigenvalue weighted by atomic mass is 9.92. The highest BCUT2D eigenvalue weighted by atomic mass is 16.3. The molecule has 0 radical (unpaired) electrons. The van der Waals surface area contributed by atoms with Crippen LogP contribution in [0.5, 0.6) is 5.75 Å². The smallest absolute Gasteiger partial charge is 0.255 e. The monoisotopic (exact) mass is 374 g/mol. The molecule has 28 heavy (non-hydrogen) atoms. The first-order valence-electron chi connectivity index (χ1n) is 9.87. The largest absolute Gasteiger partial charge is 0.506 e. The number of hydrogen-bond acceptors (Lipinski definition) is 5. The highest BCUT2D eigenvalue weighted by Crippen LogP contribution is 2.40. The predicted octanol–water partition coefficient (Wildman–Crippen LogP) is 3.63. The second kappa shape index (κ2) is 6.86. The lowest BCUT2D eigenvalue weighted by molar-refractivity contribution is 0.0711. The van der Waals surface area contributed by atoms with E-state index >= 15 is 0 Å². The van der Waals surface area contributed by atoms with Gasteiger partial charge in [0, 0.05) is 42.5 Å². The quantitative estimate of drug-likeness (QED) is 0.757. The van der Waals surface area contributed by atoms with Crippen LogP contribution in [-0.2, 0) is 0 Å². The minimum absolute atomic E-state index is 0.0124. The van der Waals surface area contributed by atoms with Crippen molar-refractivity contribution in [2.75, 3.05) is 13.1 Å².